The number of amides is 2. The molecular weight excluding hydrogens is 328 g/mol. The van der Waals surface area contributed by atoms with Gasteiger partial charge in [-0.3, -0.25) is 9.59 Å². The molecule has 1 aromatic heterocycles. The Balaban J connectivity index is 1.79. The molecule has 1 aliphatic heterocycles. The summed E-state index contributed by atoms with van der Waals surface area (Å²) in [6, 6.07) is 8.99. The molecule has 1 aromatic carbocycles. The van der Waals surface area contributed by atoms with Gasteiger partial charge < -0.3 is 15.6 Å². The van der Waals surface area contributed by atoms with Gasteiger partial charge in [0.2, 0.25) is 5.91 Å². The van der Waals surface area contributed by atoms with Crippen molar-refractivity contribution in [3.63, 3.8) is 0 Å². The normalized spacial score (nSPS) is 19.2. The fourth-order valence-electron chi connectivity index (χ4n) is 2.84. The van der Waals surface area contributed by atoms with Crippen molar-refractivity contribution in [2.24, 2.45) is 0 Å². The van der Waals surface area contributed by atoms with Gasteiger partial charge in [-0.25, -0.2) is 4.98 Å². The maximum Gasteiger partial charge on any atom is 0.268 e. The van der Waals surface area contributed by atoms with Gasteiger partial charge in [-0.2, -0.15) is 0 Å². The summed E-state index contributed by atoms with van der Waals surface area (Å²) in [4.78, 5) is 32.2. The molecule has 3 N–H and O–H groups in total. The molecule has 0 spiro atoms. The number of hydrogen-bond acceptors (Lipinski definition) is 3. The first-order chi connectivity index (χ1) is 12.4. The van der Waals surface area contributed by atoms with Crippen LogP contribution in [0.25, 0.3) is 6.08 Å². The number of carbonyl (C=O) groups is 2. The quantitative estimate of drug-likeness (QED) is 0.570. The summed E-state index contributed by atoms with van der Waals surface area (Å²) in [5, 5.41) is 5.47. The minimum Gasteiger partial charge on any atom is -0.347 e. The van der Waals surface area contributed by atoms with E-state index in [0.29, 0.717) is 12.1 Å². The number of piperazine rings is 1. The average molecular weight is 350 g/mol. The van der Waals surface area contributed by atoms with E-state index in [4.69, 9.17) is 0 Å². The second kappa shape index (κ2) is 7.00. The first kappa shape index (κ1) is 17.7. The van der Waals surface area contributed by atoms with E-state index in [1.54, 1.807) is 18.5 Å². The van der Waals surface area contributed by atoms with Crippen molar-refractivity contribution in [1.82, 2.24) is 20.6 Å². The molecule has 2 heterocycles. The zero-order valence-electron chi connectivity index (χ0n) is 14.9. The van der Waals surface area contributed by atoms with Crippen molar-refractivity contribution < 1.29 is 9.59 Å². The fourth-order valence-corrected chi connectivity index (χ4v) is 2.84. The molecule has 1 aliphatic rings. The molecule has 2 amide bonds. The van der Waals surface area contributed by atoms with Crippen molar-refractivity contribution in [3.05, 3.63) is 72.0 Å². The summed E-state index contributed by atoms with van der Waals surface area (Å²) >= 11 is 0. The lowest BCUT2D eigenvalue weighted by Crippen LogP contribution is -2.55. The van der Waals surface area contributed by atoms with Crippen LogP contribution in [0.4, 0.5) is 0 Å². The highest BCUT2D eigenvalue weighted by Gasteiger charge is 2.30. The van der Waals surface area contributed by atoms with Gasteiger partial charge in [0.25, 0.3) is 5.91 Å². The Labute approximate surface area is 152 Å². The molecule has 1 atom stereocenters. The Bertz CT molecular complexity index is 865. The van der Waals surface area contributed by atoms with E-state index < -0.39 is 6.04 Å². The SMILES string of the molecule is C=CC(C)(C)c1[nH]cnc1/C=C1\NC(=O)C(Cc2ccccc2)NC1=O. The van der Waals surface area contributed by atoms with Gasteiger partial charge in [-0.15, -0.1) is 6.58 Å². The molecule has 3 rings (SSSR count). The van der Waals surface area contributed by atoms with E-state index in [1.807, 2.05) is 44.2 Å². The Morgan fingerprint density at radius 3 is 2.65 bits per heavy atom. The number of benzene rings is 1. The van der Waals surface area contributed by atoms with Crippen molar-refractivity contribution in [2.75, 3.05) is 0 Å². The standard InChI is InChI=1S/C20H22N4O2/c1-4-20(2,3)17-14(21-12-22-17)11-16-19(26)23-15(18(25)24-16)10-13-8-6-5-7-9-13/h4-9,11-12,15H,1,10H2,2-3H3,(H,21,22)(H,23,26)(H,24,25)/b16-11-. The summed E-state index contributed by atoms with van der Waals surface area (Å²) in [6.45, 7) is 7.82. The van der Waals surface area contributed by atoms with Crippen LogP contribution in [0, 0.1) is 0 Å². The van der Waals surface area contributed by atoms with Crippen LogP contribution in [0.15, 0.2) is 55.0 Å². The zero-order valence-corrected chi connectivity index (χ0v) is 14.9. The van der Waals surface area contributed by atoms with E-state index in [0.717, 1.165) is 11.3 Å². The highest BCUT2D eigenvalue weighted by molar-refractivity contribution is 6.07. The molecule has 6 nitrogen and oxygen atoms in total. The maximum atomic E-state index is 12.4. The molecule has 0 bridgehead atoms. The van der Waals surface area contributed by atoms with Crippen LogP contribution in [0.1, 0.15) is 30.8 Å². The third kappa shape index (κ3) is 3.59. The molecule has 2 aromatic rings. The van der Waals surface area contributed by atoms with E-state index in [2.05, 4.69) is 27.2 Å². The number of allylic oxidation sites excluding steroid dienone is 1. The van der Waals surface area contributed by atoms with Gasteiger partial charge in [0.15, 0.2) is 0 Å². The van der Waals surface area contributed by atoms with E-state index in [1.165, 1.54) is 0 Å². The molecule has 1 unspecified atom stereocenters. The van der Waals surface area contributed by atoms with Gasteiger partial charge in [0.1, 0.15) is 11.7 Å². The molecule has 6 heteroatoms. The topological polar surface area (TPSA) is 86.9 Å². The van der Waals surface area contributed by atoms with Crippen LogP contribution in [0.3, 0.4) is 0 Å². The average Bonchev–Trinajstić information content (AvgIpc) is 3.09. The maximum absolute atomic E-state index is 12.4. The van der Waals surface area contributed by atoms with Crippen molar-refractivity contribution in [1.29, 1.82) is 0 Å². The predicted molar refractivity (Wildman–Crippen MR) is 100 cm³/mol. The molecule has 0 aliphatic carbocycles. The number of imidazole rings is 1. The van der Waals surface area contributed by atoms with Crippen molar-refractivity contribution in [3.8, 4) is 0 Å². The second-order valence-corrected chi connectivity index (χ2v) is 6.85. The van der Waals surface area contributed by atoms with Crippen LogP contribution in [0.5, 0.6) is 0 Å². The number of rotatable bonds is 5. The molecule has 134 valence electrons. The van der Waals surface area contributed by atoms with Crippen molar-refractivity contribution >= 4 is 17.9 Å². The first-order valence-electron chi connectivity index (χ1n) is 8.45. The number of carbonyl (C=O) groups excluding carboxylic acids is 2. The number of nitrogens with one attached hydrogen (secondary N) is 3. The second-order valence-electron chi connectivity index (χ2n) is 6.85. The summed E-state index contributed by atoms with van der Waals surface area (Å²) in [7, 11) is 0. The van der Waals surface area contributed by atoms with E-state index in [-0.39, 0.29) is 22.9 Å². The molecular formula is C20H22N4O2. The van der Waals surface area contributed by atoms with Crippen LogP contribution < -0.4 is 10.6 Å². The molecule has 1 fully saturated rings. The fraction of sp³-hybridized carbons (Fsp3) is 0.250. The van der Waals surface area contributed by atoms with Gasteiger partial charge in [0, 0.05) is 11.8 Å². The van der Waals surface area contributed by atoms with E-state index >= 15 is 0 Å². The lowest BCUT2D eigenvalue weighted by atomic mass is 9.88. The number of nitrogens with zero attached hydrogens (tertiary/aromatic N) is 1. The number of H-pyrrole nitrogens is 1. The minimum atomic E-state index is -0.592. The summed E-state index contributed by atoms with van der Waals surface area (Å²) < 4.78 is 0. The van der Waals surface area contributed by atoms with Gasteiger partial charge in [-0.1, -0.05) is 50.3 Å². The first-order valence-corrected chi connectivity index (χ1v) is 8.45. The third-order valence-corrected chi connectivity index (χ3v) is 4.51. The van der Waals surface area contributed by atoms with Gasteiger partial charge in [0.05, 0.1) is 17.7 Å². The Morgan fingerprint density at radius 2 is 1.96 bits per heavy atom. The molecule has 0 radical (unpaired) electrons. The van der Waals surface area contributed by atoms with Crippen LogP contribution >= 0.6 is 0 Å². The Morgan fingerprint density at radius 1 is 1.23 bits per heavy atom. The highest BCUT2D eigenvalue weighted by atomic mass is 16.2. The zero-order chi connectivity index (χ0) is 18.7. The summed E-state index contributed by atoms with van der Waals surface area (Å²) in [5.74, 6) is -0.560. The molecule has 1 saturated heterocycles. The van der Waals surface area contributed by atoms with E-state index in [9.17, 15) is 9.59 Å². The summed E-state index contributed by atoms with van der Waals surface area (Å²) in [5.41, 5.74) is 2.26. The smallest absolute Gasteiger partial charge is 0.268 e. The highest BCUT2D eigenvalue weighted by Crippen LogP contribution is 2.26. The number of hydrogen-bond donors (Lipinski definition) is 3. The lowest BCUT2D eigenvalue weighted by molar-refractivity contribution is -0.131. The van der Waals surface area contributed by atoms with Crippen LogP contribution in [0.2, 0.25) is 0 Å². The monoisotopic (exact) mass is 350 g/mol. The van der Waals surface area contributed by atoms with Crippen molar-refractivity contribution in [2.45, 2.75) is 31.7 Å². The minimum absolute atomic E-state index is 0.188. The van der Waals surface area contributed by atoms with Crippen LogP contribution in [-0.4, -0.2) is 27.8 Å². The Kier molecular flexibility index (Phi) is 4.75. The molecule has 0 saturated carbocycles. The lowest BCUT2D eigenvalue weighted by Gasteiger charge is -2.25. The number of aromatic nitrogens is 2. The van der Waals surface area contributed by atoms with Crippen LogP contribution in [-0.2, 0) is 21.4 Å². The third-order valence-electron chi connectivity index (χ3n) is 4.51. The summed E-state index contributed by atoms with van der Waals surface area (Å²) in [6.07, 6.45) is 5.40. The Hall–Kier alpha value is -3.15. The van der Waals surface area contributed by atoms with Gasteiger partial charge in [-0.05, 0) is 11.6 Å². The van der Waals surface area contributed by atoms with Gasteiger partial charge >= 0.3 is 0 Å². The largest absolute Gasteiger partial charge is 0.347 e. The number of aromatic amines is 1. The predicted octanol–water partition coefficient (Wildman–Crippen LogP) is 2.07. The molecule has 26 heavy (non-hydrogen) atoms.